The molecule has 1 saturated heterocycles. The molecule has 0 aliphatic carbocycles. The molecule has 19 heavy (non-hydrogen) atoms. The Labute approximate surface area is 125 Å². The van der Waals surface area contributed by atoms with Gasteiger partial charge >= 0.3 is 0 Å². The van der Waals surface area contributed by atoms with Crippen LogP contribution in [-0.2, 0) is 0 Å². The van der Waals surface area contributed by atoms with Gasteiger partial charge in [-0.05, 0) is 36.8 Å². The zero-order valence-electron chi connectivity index (χ0n) is 10.3. The van der Waals surface area contributed by atoms with Crippen molar-refractivity contribution in [3.05, 3.63) is 22.4 Å². The summed E-state index contributed by atoms with van der Waals surface area (Å²) in [6, 6.07) is 3.97. The molecule has 1 aliphatic rings. The fourth-order valence-electron chi connectivity index (χ4n) is 2.48. The van der Waals surface area contributed by atoms with Gasteiger partial charge in [0.1, 0.15) is 0 Å². The lowest BCUT2D eigenvalue weighted by Gasteiger charge is -2.34. The molecule has 0 bridgehead atoms. The van der Waals surface area contributed by atoms with Gasteiger partial charge in [-0.25, -0.2) is 0 Å². The first-order chi connectivity index (χ1) is 9.16. The first-order valence-electron chi connectivity index (χ1n) is 6.24. The first kappa shape index (κ1) is 13.0. The Bertz CT molecular complexity index is 602. The molecule has 2 aromatic rings. The number of hydrogen-bond acceptors (Lipinski definition) is 4. The molecule has 0 aromatic carbocycles. The van der Waals surface area contributed by atoms with Crippen LogP contribution in [0, 0.1) is 0 Å². The maximum absolute atomic E-state index is 12.6. The third kappa shape index (κ3) is 2.40. The van der Waals surface area contributed by atoms with Crippen LogP contribution in [0.5, 0.6) is 0 Å². The summed E-state index contributed by atoms with van der Waals surface area (Å²) in [5.41, 5.74) is 5.77. The number of carbonyl (C=O) groups excluding carboxylic acids is 1. The van der Waals surface area contributed by atoms with Crippen molar-refractivity contribution in [2.45, 2.75) is 25.3 Å². The summed E-state index contributed by atoms with van der Waals surface area (Å²) in [5, 5.41) is 2.05. The number of carbonyl (C=O) groups is 1. The second kappa shape index (κ2) is 5.19. The predicted octanol–water partition coefficient (Wildman–Crippen LogP) is 3.24. The van der Waals surface area contributed by atoms with Gasteiger partial charge in [-0.3, -0.25) is 4.79 Å². The lowest BCUT2D eigenvalue weighted by atomic mass is 10.0. The summed E-state index contributed by atoms with van der Waals surface area (Å²) in [5.74, 6) is 0.0749. The van der Waals surface area contributed by atoms with Gasteiger partial charge in [0, 0.05) is 15.9 Å². The maximum atomic E-state index is 12.6. The zero-order valence-corrected chi connectivity index (χ0v) is 12.7. The minimum Gasteiger partial charge on any atom is -0.392 e. The standard InChI is InChI=1S/C13H14N2OS3/c14-12(17)8-3-1-2-5-15(8)13(16)11-7-10-9(19-11)4-6-18-10/h4,6-8H,1-3,5H2,(H2,14,17). The molecule has 3 heterocycles. The third-order valence-electron chi connectivity index (χ3n) is 3.44. The van der Waals surface area contributed by atoms with E-state index in [0.29, 0.717) is 4.99 Å². The van der Waals surface area contributed by atoms with Crippen molar-refractivity contribution in [3.63, 3.8) is 0 Å². The van der Waals surface area contributed by atoms with Gasteiger partial charge in [-0.2, -0.15) is 0 Å². The number of hydrogen-bond donors (Lipinski definition) is 1. The number of thiocarbonyl (C=S) groups is 1. The van der Waals surface area contributed by atoms with Gasteiger partial charge in [0.15, 0.2) is 0 Å². The van der Waals surface area contributed by atoms with E-state index in [-0.39, 0.29) is 11.9 Å². The number of fused-ring (bicyclic) bond motifs is 1. The summed E-state index contributed by atoms with van der Waals surface area (Å²) in [4.78, 5) is 15.7. The third-order valence-corrected chi connectivity index (χ3v) is 5.80. The molecule has 2 N–H and O–H groups in total. The van der Waals surface area contributed by atoms with E-state index in [4.69, 9.17) is 18.0 Å². The Balaban J connectivity index is 1.89. The smallest absolute Gasteiger partial charge is 0.264 e. The van der Waals surface area contributed by atoms with Gasteiger partial charge in [-0.1, -0.05) is 12.2 Å². The van der Waals surface area contributed by atoms with Gasteiger partial charge in [-0.15, -0.1) is 22.7 Å². The molecule has 0 spiro atoms. The van der Waals surface area contributed by atoms with E-state index in [0.717, 1.165) is 30.7 Å². The molecule has 3 nitrogen and oxygen atoms in total. The molecule has 1 atom stereocenters. The van der Waals surface area contributed by atoms with E-state index in [9.17, 15) is 4.79 Å². The average Bonchev–Trinajstić information content (AvgIpc) is 2.98. The van der Waals surface area contributed by atoms with E-state index >= 15 is 0 Å². The highest BCUT2D eigenvalue weighted by Gasteiger charge is 2.30. The van der Waals surface area contributed by atoms with E-state index in [1.54, 1.807) is 22.7 Å². The van der Waals surface area contributed by atoms with Crippen molar-refractivity contribution >= 4 is 55.2 Å². The topological polar surface area (TPSA) is 46.3 Å². The summed E-state index contributed by atoms with van der Waals surface area (Å²) in [6.07, 6.45) is 3.01. The van der Waals surface area contributed by atoms with Gasteiger partial charge in [0.05, 0.1) is 15.9 Å². The normalized spacial score (nSPS) is 19.8. The van der Waals surface area contributed by atoms with E-state index in [1.165, 1.54) is 9.40 Å². The number of piperidine rings is 1. The summed E-state index contributed by atoms with van der Waals surface area (Å²) >= 11 is 8.32. The maximum Gasteiger partial charge on any atom is 0.264 e. The molecule has 2 aromatic heterocycles. The number of thiophene rings is 2. The minimum atomic E-state index is -0.0728. The van der Waals surface area contributed by atoms with Crippen molar-refractivity contribution in [2.24, 2.45) is 5.73 Å². The van der Waals surface area contributed by atoms with Crippen LogP contribution in [0.2, 0.25) is 0 Å². The Morgan fingerprint density at radius 3 is 3.00 bits per heavy atom. The van der Waals surface area contributed by atoms with Crippen molar-refractivity contribution < 1.29 is 4.79 Å². The fourth-order valence-corrected chi connectivity index (χ4v) is 4.79. The highest BCUT2D eigenvalue weighted by atomic mass is 32.1. The average molecular weight is 310 g/mol. The van der Waals surface area contributed by atoms with Crippen molar-refractivity contribution in [2.75, 3.05) is 6.54 Å². The van der Waals surface area contributed by atoms with Crippen LogP contribution in [0.15, 0.2) is 17.5 Å². The van der Waals surface area contributed by atoms with Crippen molar-refractivity contribution in [1.82, 2.24) is 4.90 Å². The quantitative estimate of drug-likeness (QED) is 0.866. The predicted molar refractivity (Wildman–Crippen MR) is 85.2 cm³/mol. The summed E-state index contributed by atoms with van der Waals surface area (Å²) in [6.45, 7) is 0.756. The summed E-state index contributed by atoms with van der Waals surface area (Å²) < 4.78 is 2.36. The SMILES string of the molecule is NC(=S)C1CCCCN1C(=O)c1cc2sccc2s1. The van der Waals surface area contributed by atoms with Crippen molar-refractivity contribution in [3.8, 4) is 0 Å². The molecule has 1 unspecified atom stereocenters. The molecule has 1 aliphatic heterocycles. The molecule has 0 radical (unpaired) electrons. The molecule has 3 rings (SSSR count). The molecular formula is C13H14N2OS3. The molecule has 100 valence electrons. The molecule has 6 heteroatoms. The number of likely N-dealkylation sites (tertiary alicyclic amines) is 1. The Morgan fingerprint density at radius 2 is 2.26 bits per heavy atom. The fraction of sp³-hybridized carbons (Fsp3) is 0.385. The van der Waals surface area contributed by atoms with Crippen LogP contribution >= 0.6 is 34.9 Å². The molecule has 1 fully saturated rings. The van der Waals surface area contributed by atoms with Crippen LogP contribution < -0.4 is 5.73 Å². The van der Waals surface area contributed by atoms with E-state index in [2.05, 4.69) is 6.07 Å². The van der Waals surface area contributed by atoms with Gasteiger partial charge in [0.25, 0.3) is 5.91 Å². The van der Waals surface area contributed by atoms with E-state index < -0.39 is 0 Å². The second-order valence-electron chi connectivity index (χ2n) is 4.67. The van der Waals surface area contributed by atoms with Gasteiger partial charge in [0.2, 0.25) is 0 Å². The Hall–Kier alpha value is -0.980. The molecule has 1 amide bonds. The van der Waals surface area contributed by atoms with Crippen LogP contribution in [0.4, 0.5) is 0 Å². The Morgan fingerprint density at radius 1 is 1.42 bits per heavy atom. The second-order valence-corrected chi connectivity index (χ2v) is 7.18. The molecular weight excluding hydrogens is 296 g/mol. The zero-order chi connectivity index (χ0) is 13.4. The lowest BCUT2D eigenvalue weighted by molar-refractivity contribution is 0.0686. The van der Waals surface area contributed by atoms with Crippen LogP contribution in [-0.4, -0.2) is 28.4 Å². The first-order valence-corrected chi connectivity index (χ1v) is 8.34. The largest absolute Gasteiger partial charge is 0.392 e. The number of amides is 1. The van der Waals surface area contributed by atoms with E-state index in [1.807, 2.05) is 16.3 Å². The monoisotopic (exact) mass is 310 g/mol. The van der Waals surface area contributed by atoms with Crippen LogP contribution in [0.3, 0.4) is 0 Å². The number of nitrogens with two attached hydrogens (primary N) is 1. The van der Waals surface area contributed by atoms with Gasteiger partial charge < -0.3 is 10.6 Å². The molecule has 0 saturated carbocycles. The number of nitrogens with zero attached hydrogens (tertiary/aromatic N) is 1. The number of rotatable bonds is 2. The lowest BCUT2D eigenvalue weighted by Crippen LogP contribution is -2.49. The Kier molecular flexibility index (Phi) is 3.56. The van der Waals surface area contributed by atoms with Crippen LogP contribution in [0.25, 0.3) is 9.40 Å². The summed E-state index contributed by atoms with van der Waals surface area (Å²) in [7, 11) is 0. The highest BCUT2D eigenvalue weighted by molar-refractivity contribution is 7.80. The highest BCUT2D eigenvalue weighted by Crippen LogP contribution is 2.31. The van der Waals surface area contributed by atoms with Crippen LogP contribution in [0.1, 0.15) is 28.9 Å². The van der Waals surface area contributed by atoms with Crippen molar-refractivity contribution in [1.29, 1.82) is 0 Å². The minimum absolute atomic E-state index is 0.0728.